The first-order valence-electron chi connectivity index (χ1n) is 6.86. The van der Waals surface area contributed by atoms with Gasteiger partial charge in [-0.05, 0) is 50.4 Å². The van der Waals surface area contributed by atoms with Crippen molar-refractivity contribution in [3.8, 4) is 0 Å². The molecule has 2 aliphatic rings. The van der Waals surface area contributed by atoms with Crippen LogP contribution < -0.4 is 10.2 Å². The lowest BCUT2D eigenvalue weighted by atomic mass is 10.0. The maximum atomic E-state index is 12.5. The van der Waals surface area contributed by atoms with Gasteiger partial charge in [-0.3, -0.25) is 4.79 Å². The predicted molar refractivity (Wildman–Crippen MR) is 72.7 cm³/mol. The van der Waals surface area contributed by atoms with E-state index in [9.17, 15) is 4.79 Å². The van der Waals surface area contributed by atoms with Crippen LogP contribution in [0.1, 0.15) is 25.3 Å². The van der Waals surface area contributed by atoms with Crippen molar-refractivity contribution < 1.29 is 4.79 Å². The van der Waals surface area contributed by atoms with Gasteiger partial charge in [-0.15, -0.1) is 0 Å². The highest BCUT2D eigenvalue weighted by Gasteiger charge is 2.31. The van der Waals surface area contributed by atoms with Crippen LogP contribution in [-0.4, -0.2) is 25.0 Å². The fraction of sp³-hybridized carbons (Fsp3) is 0.533. The number of fused-ring (bicyclic) bond motifs is 1. The van der Waals surface area contributed by atoms with Gasteiger partial charge < -0.3 is 10.2 Å². The SMILES string of the molecule is C[C@H]1Cc2ccccc2N1C(=O)C[C@H]1CCNC1. The summed E-state index contributed by atoms with van der Waals surface area (Å²) in [4.78, 5) is 14.5. The third-order valence-electron chi connectivity index (χ3n) is 4.10. The fourth-order valence-corrected chi connectivity index (χ4v) is 3.18. The number of carbonyl (C=O) groups is 1. The third kappa shape index (κ3) is 2.03. The van der Waals surface area contributed by atoms with E-state index in [1.165, 1.54) is 5.56 Å². The van der Waals surface area contributed by atoms with Crippen molar-refractivity contribution in [2.45, 2.75) is 32.2 Å². The molecule has 0 saturated carbocycles. The Bertz CT molecular complexity index is 452. The Balaban J connectivity index is 1.77. The lowest BCUT2D eigenvalue weighted by Crippen LogP contribution is -2.37. The molecule has 0 unspecified atom stereocenters. The van der Waals surface area contributed by atoms with Crippen LogP contribution in [0.25, 0.3) is 0 Å². The number of benzene rings is 1. The van der Waals surface area contributed by atoms with Gasteiger partial charge in [-0.25, -0.2) is 0 Å². The zero-order valence-corrected chi connectivity index (χ0v) is 10.9. The number of amides is 1. The smallest absolute Gasteiger partial charge is 0.227 e. The highest BCUT2D eigenvalue weighted by atomic mass is 16.2. The Morgan fingerprint density at radius 3 is 3.06 bits per heavy atom. The summed E-state index contributed by atoms with van der Waals surface area (Å²) in [5, 5.41) is 3.33. The Labute approximate surface area is 108 Å². The Hall–Kier alpha value is -1.35. The quantitative estimate of drug-likeness (QED) is 0.862. The average molecular weight is 244 g/mol. The van der Waals surface area contributed by atoms with Gasteiger partial charge in [0, 0.05) is 18.2 Å². The van der Waals surface area contributed by atoms with Gasteiger partial charge in [-0.1, -0.05) is 18.2 Å². The number of para-hydroxylation sites is 1. The monoisotopic (exact) mass is 244 g/mol. The number of carbonyl (C=O) groups excluding carboxylic acids is 1. The Kier molecular flexibility index (Phi) is 3.08. The molecule has 2 heterocycles. The molecular weight excluding hydrogens is 224 g/mol. The third-order valence-corrected chi connectivity index (χ3v) is 4.10. The molecule has 1 amide bonds. The van der Waals surface area contributed by atoms with Gasteiger partial charge in [-0.2, -0.15) is 0 Å². The minimum absolute atomic E-state index is 0.293. The van der Waals surface area contributed by atoms with Crippen LogP contribution in [0.15, 0.2) is 24.3 Å². The van der Waals surface area contributed by atoms with Crippen molar-refractivity contribution in [2.75, 3.05) is 18.0 Å². The first-order valence-corrected chi connectivity index (χ1v) is 6.86. The van der Waals surface area contributed by atoms with Crippen LogP contribution in [0.3, 0.4) is 0 Å². The zero-order chi connectivity index (χ0) is 12.5. The molecular formula is C15H20N2O. The van der Waals surface area contributed by atoms with Gasteiger partial charge in [0.15, 0.2) is 0 Å². The Morgan fingerprint density at radius 1 is 1.44 bits per heavy atom. The molecule has 3 nitrogen and oxygen atoms in total. The molecule has 0 aromatic heterocycles. The summed E-state index contributed by atoms with van der Waals surface area (Å²) in [7, 11) is 0. The maximum Gasteiger partial charge on any atom is 0.227 e. The van der Waals surface area contributed by atoms with E-state index < -0.39 is 0 Å². The van der Waals surface area contributed by atoms with E-state index in [1.54, 1.807) is 0 Å². The maximum absolute atomic E-state index is 12.5. The molecule has 3 rings (SSSR count). The summed E-state index contributed by atoms with van der Waals surface area (Å²) in [6, 6.07) is 8.60. The molecule has 1 saturated heterocycles. The summed E-state index contributed by atoms with van der Waals surface area (Å²) in [5.41, 5.74) is 2.43. The predicted octanol–water partition coefficient (Wildman–Crippen LogP) is 1.96. The van der Waals surface area contributed by atoms with E-state index in [-0.39, 0.29) is 0 Å². The molecule has 2 aliphatic heterocycles. The average Bonchev–Trinajstić information content (AvgIpc) is 2.94. The number of hydrogen-bond acceptors (Lipinski definition) is 2. The van der Waals surface area contributed by atoms with E-state index in [4.69, 9.17) is 0 Å². The molecule has 1 N–H and O–H groups in total. The molecule has 18 heavy (non-hydrogen) atoms. The van der Waals surface area contributed by atoms with Gasteiger partial charge in [0.05, 0.1) is 0 Å². The molecule has 1 aromatic carbocycles. The second kappa shape index (κ2) is 4.73. The van der Waals surface area contributed by atoms with Gasteiger partial charge >= 0.3 is 0 Å². The standard InChI is InChI=1S/C15H20N2O/c1-11-8-13-4-2-3-5-14(13)17(11)15(18)9-12-6-7-16-10-12/h2-5,11-12,16H,6-10H2,1H3/t11-,12+/m0/s1. The number of nitrogens with one attached hydrogen (secondary N) is 1. The molecule has 0 aliphatic carbocycles. The molecule has 0 spiro atoms. The van der Waals surface area contributed by atoms with Crippen molar-refractivity contribution >= 4 is 11.6 Å². The molecule has 3 heteroatoms. The van der Waals surface area contributed by atoms with E-state index in [0.717, 1.165) is 31.6 Å². The highest BCUT2D eigenvalue weighted by molar-refractivity contribution is 5.96. The number of anilines is 1. The molecule has 0 bridgehead atoms. The first-order chi connectivity index (χ1) is 8.75. The summed E-state index contributed by atoms with van der Waals surface area (Å²) >= 11 is 0. The second-order valence-electron chi connectivity index (χ2n) is 5.51. The van der Waals surface area contributed by atoms with Crippen molar-refractivity contribution in [1.82, 2.24) is 5.32 Å². The summed E-state index contributed by atoms with van der Waals surface area (Å²) in [6.45, 7) is 4.20. The molecule has 0 radical (unpaired) electrons. The van der Waals surface area contributed by atoms with Crippen LogP contribution in [0, 0.1) is 5.92 Å². The van der Waals surface area contributed by atoms with Crippen molar-refractivity contribution in [2.24, 2.45) is 5.92 Å². The van der Waals surface area contributed by atoms with E-state index in [0.29, 0.717) is 24.3 Å². The van der Waals surface area contributed by atoms with Crippen molar-refractivity contribution in [1.29, 1.82) is 0 Å². The van der Waals surface area contributed by atoms with E-state index in [1.807, 2.05) is 11.0 Å². The van der Waals surface area contributed by atoms with Gasteiger partial charge in [0.2, 0.25) is 5.91 Å². The summed E-state index contributed by atoms with van der Waals surface area (Å²) in [5.74, 6) is 0.818. The number of rotatable bonds is 2. The van der Waals surface area contributed by atoms with Crippen molar-refractivity contribution in [3.05, 3.63) is 29.8 Å². The van der Waals surface area contributed by atoms with Crippen LogP contribution in [0.4, 0.5) is 5.69 Å². The molecule has 96 valence electrons. The minimum Gasteiger partial charge on any atom is -0.316 e. The molecule has 2 atom stereocenters. The zero-order valence-electron chi connectivity index (χ0n) is 10.9. The van der Waals surface area contributed by atoms with Gasteiger partial charge in [0.25, 0.3) is 0 Å². The summed E-state index contributed by atoms with van der Waals surface area (Å²) in [6.07, 6.45) is 2.81. The van der Waals surface area contributed by atoms with Crippen LogP contribution >= 0.6 is 0 Å². The van der Waals surface area contributed by atoms with E-state index in [2.05, 4.69) is 30.4 Å². The van der Waals surface area contributed by atoms with Gasteiger partial charge in [0.1, 0.15) is 0 Å². The lowest BCUT2D eigenvalue weighted by Gasteiger charge is -2.24. The van der Waals surface area contributed by atoms with Crippen LogP contribution in [-0.2, 0) is 11.2 Å². The summed E-state index contributed by atoms with van der Waals surface area (Å²) < 4.78 is 0. The van der Waals surface area contributed by atoms with Crippen molar-refractivity contribution in [3.63, 3.8) is 0 Å². The normalized spacial score (nSPS) is 26.4. The van der Waals surface area contributed by atoms with Crippen LogP contribution in [0.5, 0.6) is 0 Å². The largest absolute Gasteiger partial charge is 0.316 e. The second-order valence-corrected chi connectivity index (χ2v) is 5.51. The first kappa shape index (κ1) is 11.7. The lowest BCUT2D eigenvalue weighted by molar-refractivity contribution is -0.119. The minimum atomic E-state index is 0.293. The number of hydrogen-bond donors (Lipinski definition) is 1. The molecule has 1 aromatic rings. The Morgan fingerprint density at radius 2 is 2.28 bits per heavy atom. The van der Waals surface area contributed by atoms with Crippen LogP contribution in [0.2, 0.25) is 0 Å². The fourth-order valence-electron chi connectivity index (χ4n) is 3.18. The highest BCUT2D eigenvalue weighted by Crippen LogP contribution is 2.33. The molecule has 1 fully saturated rings. The number of nitrogens with zero attached hydrogens (tertiary/aromatic N) is 1. The van der Waals surface area contributed by atoms with E-state index >= 15 is 0 Å². The topological polar surface area (TPSA) is 32.3 Å².